The topological polar surface area (TPSA) is 75.2 Å². The van der Waals surface area contributed by atoms with Crippen LogP contribution in [0, 0.1) is 0 Å². The first kappa shape index (κ1) is 12.6. The number of hydrogen-bond donors (Lipinski definition) is 1. The van der Waals surface area contributed by atoms with Gasteiger partial charge in [-0.05, 0) is 6.07 Å². The molecule has 0 bridgehead atoms. The van der Waals surface area contributed by atoms with Gasteiger partial charge in [-0.15, -0.1) is 0 Å². The van der Waals surface area contributed by atoms with E-state index in [-0.39, 0.29) is 29.9 Å². The molecule has 1 aromatic carbocycles. The minimum Gasteiger partial charge on any atom is -0.345 e. The minimum atomic E-state index is -0.252. The molecule has 1 fully saturated rings. The Hall–Kier alpha value is -1.44. The summed E-state index contributed by atoms with van der Waals surface area (Å²) in [6.07, 6.45) is 0. The number of nitrogens with zero attached hydrogens (tertiary/aromatic N) is 3. The maximum atomic E-state index is 11.9. The van der Waals surface area contributed by atoms with Crippen LogP contribution in [0.5, 0.6) is 0 Å². The third-order valence-corrected chi connectivity index (χ3v) is 3.83. The lowest BCUT2D eigenvalue weighted by atomic mass is 10.2. The van der Waals surface area contributed by atoms with E-state index in [4.69, 9.17) is 23.2 Å². The molecule has 0 saturated carbocycles. The Bertz CT molecular complexity index is 702. The van der Waals surface area contributed by atoms with E-state index >= 15 is 0 Å². The minimum absolute atomic E-state index is 0.0587. The van der Waals surface area contributed by atoms with E-state index < -0.39 is 0 Å². The number of nitrogens with one attached hydrogen (secondary N) is 1. The molecule has 0 spiro atoms. The molecule has 98 valence electrons. The zero-order valence-electron chi connectivity index (χ0n) is 9.31. The quantitative estimate of drug-likeness (QED) is 0.864. The Labute approximate surface area is 121 Å². The van der Waals surface area contributed by atoms with Crippen molar-refractivity contribution in [2.45, 2.75) is 0 Å². The molecule has 2 heterocycles. The standard InChI is InChI=1S/C10H6Cl2N4O2S/c11-4-1-5(12)10(9-8(4)14-19-15-9)16-3-6(17)13-2-7(16)18/h1H,2-3H2,(H,13,17). The molecule has 3 rings (SSSR count). The van der Waals surface area contributed by atoms with Gasteiger partial charge in [-0.25, -0.2) is 0 Å². The summed E-state index contributed by atoms with van der Waals surface area (Å²) in [5.41, 5.74) is 1.30. The molecule has 1 saturated heterocycles. The van der Waals surface area contributed by atoms with Crippen LogP contribution in [0.25, 0.3) is 11.0 Å². The average Bonchev–Trinajstić information content (AvgIpc) is 2.83. The predicted octanol–water partition coefficient (Wildman–Crippen LogP) is 1.46. The molecule has 6 nitrogen and oxygen atoms in total. The highest BCUT2D eigenvalue weighted by molar-refractivity contribution is 7.00. The molecule has 19 heavy (non-hydrogen) atoms. The van der Waals surface area contributed by atoms with E-state index in [1.807, 2.05) is 0 Å². The molecule has 2 amide bonds. The highest BCUT2D eigenvalue weighted by atomic mass is 35.5. The van der Waals surface area contributed by atoms with Crippen molar-refractivity contribution in [3.05, 3.63) is 16.1 Å². The molecule has 0 unspecified atom stereocenters. The number of amides is 2. The van der Waals surface area contributed by atoms with Crippen LogP contribution in [0.15, 0.2) is 6.07 Å². The van der Waals surface area contributed by atoms with Crippen molar-refractivity contribution < 1.29 is 9.59 Å². The van der Waals surface area contributed by atoms with Crippen LogP contribution in [0.1, 0.15) is 0 Å². The monoisotopic (exact) mass is 316 g/mol. The van der Waals surface area contributed by atoms with Crippen LogP contribution in [0.4, 0.5) is 5.69 Å². The summed E-state index contributed by atoms with van der Waals surface area (Å²) in [6, 6.07) is 1.50. The fourth-order valence-corrected chi connectivity index (χ4v) is 3.09. The zero-order valence-corrected chi connectivity index (χ0v) is 11.6. The van der Waals surface area contributed by atoms with Crippen molar-refractivity contribution in [3.8, 4) is 0 Å². The molecule has 0 atom stereocenters. The number of carbonyl (C=O) groups is 2. The Morgan fingerprint density at radius 2 is 1.95 bits per heavy atom. The van der Waals surface area contributed by atoms with Crippen LogP contribution in [-0.4, -0.2) is 33.7 Å². The van der Waals surface area contributed by atoms with Gasteiger partial charge in [0, 0.05) is 0 Å². The van der Waals surface area contributed by atoms with Gasteiger partial charge in [0.2, 0.25) is 11.8 Å². The number of aromatic nitrogens is 2. The van der Waals surface area contributed by atoms with Gasteiger partial charge in [0.05, 0.1) is 34.0 Å². The van der Waals surface area contributed by atoms with Crippen molar-refractivity contribution in [2.75, 3.05) is 18.0 Å². The van der Waals surface area contributed by atoms with Gasteiger partial charge >= 0.3 is 0 Å². The SMILES string of the molecule is O=C1CN(c2c(Cl)cc(Cl)c3nsnc23)C(=O)CN1. The number of carbonyl (C=O) groups excluding carboxylic acids is 2. The van der Waals surface area contributed by atoms with Crippen LogP contribution in [-0.2, 0) is 9.59 Å². The fourth-order valence-electron chi connectivity index (χ4n) is 1.88. The van der Waals surface area contributed by atoms with E-state index in [0.717, 1.165) is 11.7 Å². The largest absolute Gasteiger partial charge is 0.345 e. The van der Waals surface area contributed by atoms with Crippen molar-refractivity contribution in [1.29, 1.82) is 0 Å². The molecular formula is C10H6Cl2N4O2S. The maximum absolute atomic E-state index is 11.9. The molecule has 1 aliphatic rings. The van der Waals surface area contributed by atoms with Gasteiger partial charge in [0.25, 0.3) is 0 Å². The van der Waals surface area contributed by atoms with Crippen LogP contribution >= 0.6 is 34.9 Å². The molecule has 2 aromatic rings. The lowest BCUT2D eigenvalue weighted by molar-refractivity contribution is -0.128. The van der Waals surface area contributed by atoms with E-state index in [0.29, 0.717) is 21.7 Å². The summed E-state index contributed by atoms with van der Waals surface area (Å²) in [7, 11) is 0. The van der Waals surface area contributed by atoms with E-state index in [1.54, 1.807) is 0 Å². The second-order valence-electron chi connectivity index (χ2n) is 3.91. The Kier molecular flexibility index (Phi) is 3.04. The number of rotatable bonds is 1. The van der Waals surface area contributed by atoms with Crippen molar-refractivity contribution in [3.63, 3.8) is 0 Å². The molecule has 1 aromatic heterocycles. The summed E-state index contributed by atoms with van der Waals surface area (Å²) in [6.45, 7) is -0.149. The molecule has 0 aliphatic carbocycles. The smallest absolute Gasteiger partial charge is 0.246 e. The lowest BCUT2D eigenvalue weighted by Crippen LogP contribution is -2.51. The Balaban J connectivity index is 2.21. The van der Waals surface area contributed by atoms with Crippen molar-refractivity contribution in [1.82, 2.24) is 14.1 Å². The van der Waals surface area contributed by atoms with Gasteiger partial charge in [-0.2, -0.15) is 8.75 Å². The lowest BCUT2D eigenvalue weighted by Gasteiger charge is -2.27. The van der Waals surface area contributed by atoms with Crippen LogP contribution in [0.2, 0.25) is 10.0 Å². The zero-order chi connectivity index (χ0) is 13.6. The first-order chi connectivity index (χ1) is 9.08. The first-order valence-electron chi connectivity index (χ1n) is 5.25. The number of hydrogen-bond acceptors (Lipinski definition) is 5. The fraction of sp³-hybridized carbons (Fsp3) is 0.200. The molecule has 1 aliphatic heterocycles. The van der Waals surface area contributed by atoms with Crippen LogP contribution in [0.3, 0.4) is 0 Å². The second kappa shape index (κ2) is 4.59. The summed E-state index contributed by atoms with van der Waals surface area (Å²) in [4.78, 5) is 24.7. The molecule has 0 radical (unpaired) electrons. The van der Waals surface area contributed by atoms with E-state index in [2.05, 4.69) is 14.1 Å². The normalized spacial score (nSPS) is 16.0. The van der Waals surface area contributed by atoms with Crippen molar-refractivity contribution >= 4 is 63.5 Å². The molecule has 1 N–H and O–H groups in total. The predicted molar refractivity (Wildman–Crippen MR) is 72.8 cm³/mol. The third-order valence-electron chi connectivity index (χ3n) is 2.73. The highest BCUT2D eigenvalue weighted by Gasteiger charge is 2.29. The third kappa shape index (κ3) is 2.03. The molecule has 9 heteroatoms. The summed E-state index contributed by atoms with van der Waals surface area (Å²) < 4.78 is 8.17. The number of piperazine rings is 1. The Morgan fingerprint density at radius 1 is 1.21 bits per heavy atom. The van der Waals surface area contributed by atoms with Gasteiger partial charge < -0.3 is 5.32 Å². The van der Waals surface area contributed by atoms with Gasteiger partial charge in [-0.3, -0.25) is 14.5 Å². The summed E-state index contributed by atoms with van der Waals surface area (Å²) in [5, 5.41) is 3.11. The second-order valence-corrected chi connectivity index (χ2v) is 5.25. The van der Waals surface area contributed by atoms with Crippen LogP contribution < -0.4 is 10.2 Å². The summed E-state index contributed by atoms with van der Waals surface area (Å²) in [5.74, 6) is -0.500. The summed E-state index contributed by atoms with van der Waals surface area (Å²) >= 11 is 13.1. The number of fused-ring (bicyclic) bond motifs is 1. The van der Waals surface area contributed by atoms with E-state index in [1.165, 1.54) is 11.0 Å². The van der Waals surface area contributed by atoms with Gasteiger partial charge in [0.1, 0.15) is 17.6 Å². The highest BCUT2D eigenvalue weighted by Crippen LogP contribution is 2.37. The van der Waals surface area contributed by atoms with E-state index in [9.17, 15) is 9.59 Å². The van der Waals surface area contributed by atoms with Gasteiger partial charge in [-0.1, -0.05) is 23.2 Å². The molecular weight excluding hydrogens is 311 g/mol. The first-order valence-corrected chi connectivity index (χ1v) is 6.74. The number of anilines is 1. The number of halogens is 2. The average molecular weight is 317 g/mol. The Morgan fingerprint density at radius 3 is 2.74 bits per heavy atom. The maximum Gasteiger partial charge on any atom is 0.246 e. The van der Waals surface area contributed by atoms with Gasteiger partial charge in [0.15, 0.2) is 0 Å². The number of benzene rings is 1. The van der Waals surface area contributed by atoms with Crippen molar-refractivity contribution in [2.24, 2.45) is 0 Å².